The van der Waals surface area contributed by atoms with E-state index in [9.17, 15) is 4.79 Å². The quantitative estimate of drug-likeness (QED) is 0.516. The second kappa shape index (κ2) is 8.69. The van der Waals surface area contributed by atoms with Crippen LogP contribution in [-0.2, 0) is 0 Å². The fourth-order valence-electron chi connectivity index (χ4n) is 3.61. The predicted octanol–water partition coefficient (Wildman–Crippen LogP) is 5.57. The van der Waals surface area contributed by atoms with Gasteiger partial charge in [0.05, 0.1) is 11.2 Å². The van der Waals surface area contributed by atoms with Crippen LogP contribution in [0.5, 0.6) is 0 Å². The van der Waals surface area contributed by atoms with Gasteiger partial charge in [-0.15, -0.1) is 0 Å². The molecule has 1 saturated heterocycles. The number of carbonyl (C=O) groups is 1. The van der Waals surface area contributed by atoms with Crippen LogP contribution in [0.3, 0.4) is 0 Å². The fourth-order valence-corrected chi connectivity index (χ4v) is 4.14. The monoisotopic (exact) mass is 446 g/mol. The first-order valence-corrected chi connectivity index (χ1v) is 10.5. The van der Waals surface area contributed by atoms with Crippen molar-refractivity contribution in [2.24, 2.45) is 0 Å². The number of thiol groups is 1. The zero-order chi connectivity index (χ0) is 20.4. The Bertz CT molecular complexity index is 1040. The van der Waals surface area contributed by atoms with Crippen LogP contribution in [0.4, 0.5) is 16.2 Å². The lowest BCUT2D eigenvalue weighted by molar-refractivity contribution is 0.243. The first kappa shape index (κ1) is 20.1. The van der Waals surface area contributed by atoms with Crippen molar-refractivity contribution >= 4 is 64.3 Å². The van der Waals surface area contributed by atoms with Crippen LogP contribution >= 0.6 is 36.0 Å². The number of piperidine rings is 1. The van der Waals surface area contributed by atoms with Gasteiger partial charge < -0.3 is 10.2 Å². The molecule has 1 N–H and O–H groups in total. The molecular formula is C21H20Cl2N4OS. The number of hydrogen-bond acceptors (Lipinski definition) is 4. The van der Waals surface area contributed by atoms with Crippen LogP contribution in [0.25, 0.3) is 10.9 Å². The molecule has 2 heterocycles. The summed E-state index contributed by atoms with van der Waals surface area (Å²) in [4.78, 5) is 19.3. The molecule has 1 aromatic heterocycles. The van der Waals surface area contributed by atoms with Crippen molar-refractivity contribution in [1.82, 2.24) is 10.3 Å². The molecule has 5 nitrogen and oxygen atoms in total. The number of nitrogens with one attached hydrogen (secondary N) is 1. The molecular weight excluding hydrogens is 427 g/mol. The maximum absolute atomic E-state index is 12.5. The second-order valence-electron chi connectivity index (χ2n) is 6.99. The number of hydrogen-bond donors (Lipinski definition) is 2. The van der Waals surface area contributed by atoms with E-state index in [1.54, 1.807) is 24.3 Å². The Kier molecular flexibility index (Phi) is 6.04. The first-order valence-electron chi connectivity index (χ1n) is 9.35. The number of anilines is 2. The Hall–Kier alpha value is -2.15. The molecule has 0 bridgehead atoms. The van der Waals surface area contributed by atoms with Gasteiger partial charge >= 0.3 is 6.03 Å². The third-order valence-electron chi connectivity index (χ3n) is 5.09. The summed E-state index contributed by atoms with van der Waals surface area (Å²) < 4.78 is 1.29. The van der Waals surface area contributed by atoms with Crippen molar-refractivity contribution < 1.29 is 4.79 Å². The fraction of sp³-hybridized carbons (Fsp3) is 0.238. The van der Waals surface area contributed by atoms with Gasteiger partial charge in [-0.25, -0.2) is 9.10 Å². The van der Waals surface area contributed by atoms with E-state index in [0.717, 1.165) is 42.5 Å². The highest BCUT2D eigenvalue weighted by molar-refractivity contribution is 7.82. The van der Waals surface area contributed by atoms with E-state index in [1.165, 1.54) is 4.31 Å². The van der Waals surface area contributed by atoms with Crippen LogP contribution in [-0.4, -0.2) is 30.1 Å². The maximum atomic E-state index is 12.5. The van der Waals surface area contributed by atoms with Crippen LogP contribution in [0.1, 0.15) is 12.8 Å². The molecule has 150 valence electrons. The summed E-state index contributed by atoms with van der Waals surface area (Å²) in [6.45, 7) is 1.67. The molecule has 1 fully saturated rings. The first-order chi connectivity index (χ1) is 14.0. The van der Waals surface area contributed by atoms with Gasteiger partial charge in [-0.2, -0.15) is 0 Å². The number of nitrogens with zero attached hydrogens (tertiary/aromatic N) is 3. The molecule has 2 aromatic carbocycles. The molecule has 0 radical (unpaired) electrons. The van der Waals surface area contributed by atoms with E-state index < -0.39 is 0 Å². The zero-order valence-corrected chi connectivity index (χ0v) is 18.0. The van der Waals surface area contributed by atoms with Crippen molar-refractivity contribution in [3.05, 3.63) is 64.8 Å². The third-order valence-corrected chi connectivity index (χ3v) is 5.97. The minimum atomic E-state index is -0.254. The van der Waals surface area contributed by atoms with Gasteiger partial charge in [0.2, 0.25) is 0 Å². The number of fused-ring (bicyclic) bond motifs is 1. The highest BCUT2D eigenvalue weighted by Crippen LogP contribution is 2.30. The maximum Gasteiger partial charge on any atom is 0.332 e. The summed E-state index contributed by atoms with van der Waals surface area (Å²) in [7, 11) is 0. The van der Waals surface area contributed by atoms with Crippen LogP contribution in [0, 0.1) is 0 Å². The number of amides is 2. The zero-order valence-electron chi connectivity index (χ0n) is 15.6. The topological polar surface area (TPSA) is 48.5 Å². The molecule has 29 heavy (non-hydrogen) atoms. The molecule has 8 heteroatoms. The summed E-state index contributed by atoms with van der Waals surface area (Å²) in [6.07, 6.45) is 3.50. The van der Waals surface area contributed by atoms with Crippen molar-refractivity contribution in [2.45, 2.75) is 18.9 Å². The van der Waals surface area contributed by atoms with Gasteiger partial charge in [0, 0.05) is 46.4 Å². The average molecular weight is 447 g/mol. The molecule has 0 saturated carbocycles. The van der Waals surface area contributed by atoms with E-state index in [1.807, 2.05) is 30.5 Å². The predicted molar refractivity (Wildman–Crippen MR) is 123 cm³/mol. The van der Waals surface area contributed by atoms with Gasteiger partial charge in [-0.3, -0.25) is 4.98 Å². The van der Waals surface area contributed by atoms with Gasteiger partial charge in [0.1, 0.15) is 0 Å². The summed E-state index contributed by atoms with van der Waals surface area (Å²) in [5.41, 5.74) is 2.68. The van der Waals surface area contributed by atoms with Crippen molar-refractivity contribution in [2.75, 3.05) is 22.3 Å². The van der Waals surface area contributed by atoms with Crippen molar-refractivity contribution in [1.29, 1.82) is 0 Å². The Morgan fingerprint density at radius 2 is 1.86 bits per heavy atom. The molecule has 0 atom stereocenters. The van der Waals surface area contributed by atoms with Crippen LogP contribution in [0.2, 0.25) is 10.0 Å². The number of benzene rings is 2. The summed E-state index contributed by atoms with van der Waals surface area (Å²) >= 11 is 16.5. The third kappa shape index (κ3) is 4.55. The number of pyridine rings is 1. The molecule has 0 spiro atoms. The van der Waals surface area contributed by atoms with Gasteiger partial charge in [-0.1, -0.05) is 42.1 Å². The van der Waals surface area contributed by atoms with Crippen LogP contribution < -0.4 is 14.5 Å². The highest BCUT2D eigenvalue weighted by Gasteiger charge is 2.24. The SMILES string of the molecule is O=C(NC1CCN(c2ccnc3ccc(Cl)cc23)CC1)N(S)c1cccc(Cl)c1. The molecule has 1 aliphatic heterocycles. The number of rotatable bonds is 3. The summed E-state index contributed by atoms with van der Waals surface area (Å²) in [5.74, 6) is 0. The second-order valence-corrected chi connectivity index (χ2v) is 8.27. The molecule has 4 rings (SSSR count). The largest absolute Gasteiger partial charge is 0.371 e. The van der Waals surface area contributed by atoms with Gasteiger partial charge in [0.25, 0.3) is 0 Å². The van der Waals surface area contributed by atoms with Gasteiger partial charge in [-0.05, 0) is 55.3 Å². The molecule has 0 aliphatic carbocycles. The number of aromatic nitrogens is 1. The summed E-state index contributed by atoms with van der Waals surface area (Å²) in [6, 6.07) is 14.6. The van der Waals surface area contributed by atoms with E-state index >= 15 is 0 Å². The molecule has 3 aromatic rings. The Morgan fingerprint density at radius 1 is 1.10 bits per heavy atom. The number of carbonyl (C=O) groups excluding carboxylic acids is 1. The smallest absolute Gasteiger partial charge is 0.332 e. The van der Waals surface area contributed by atoms with E-state index in [2.05, 4.69) is 28.0 Å². The summed E-state index contributed by atoms with van der Waals surface area (Å²) in [5, 5.41) is 5.37. The standard InChI is InChI=1S/C21H20Cl2N4OS/c22-14-2-1-3-17(12-14)27(29)21(28)25-16-7-10-26(11-8-16)20-6-9-24-19-5-4-15(23)13-18(19)20/h1-6,9,12-13,16,29H,7-8,10-11H2,(H,25,28). The van der Waals surface area contributed by atoms with E-state index in [4.69, 9.17) is 23.2 Å². The van der Waals surface area contributed by atoms with Crippen molar-refractivity contribution in [3.8, 4) is 0 Å². The van der Waals surface area contributed by atoms with E-state index in [0.29, 0.717) is 15.7 Å². The minimum absolute atomic E-state index is 0.0873. The Balaban J connectivity index is 1.40. The van der Waals surface area contributed by atoms with E-state index in [-0.39, 0.29) is 12.1 Å². The average Bonchev–Trinajstić information content (AvgIpc) is 2.73. The normalized spacial score (nSPS) is 14.8. The molecule has 0 unspecified atom stereocenters. The minimum Gasteiger partial charge on any atom is -0.371 e. The number of urea groups is 1. The lowest BCUT2D eigenvalue weighted by Crippen LogP contribution is -2.47. The van der Waals surface area contributed by atoms with Crippen molar-refractivity contribution in [3.63, 3.8) is 0 Å². The Morgan fingerprint density at radius 3 is 2.62 bits per heavy atom. The lowest BCUT2D eigenvalue weighted by Gasteiger charge is -2.35. The molecule has 1 aliphatic rings. The lowest BCUT2D eigenvalue weighted by atomic mass is 10.0. The highest BCUT2D eigenvalue weighted by atomic mass is 35.5. The van der Waals surface area contributed by atoms with Crippen LogP contribution in [0.15, 0.2) is 54.7 Å². The van der Waals surface area contributed by atoms with Gasteiger partial charge in [0.15, 0.2) is 0 Å². The number of halogens is 2. The Labute approximate surface area is 185 Å². The molecule has 2 amide bonds.